The smallest absolute Gasteiger partial charge is 0.208 e. The number of hydrogen-bond donors (Lipinski definition) is 1. The van der Waals surface area contributed by atoms with Gasteiger partial charge in [-0.3, -0.25) is 4.79 Å². The molecule has 1 fully saturated rings. The minimum Gasteiger partial charge on any atom is -0.292 e. The zero-order valence-corrected chi connectivity index (χ0v) is 18.4. The van der Waals surface area contributed by atoms with Gasteiger partial charge in [0.15, 0.2) is 5.78 Å². The fourth-order valence-corrected chi connectivity index (χ4v) is 5.34. The molecule has 0 saturated heterocycles. The molecule has 3 aromatic rings. The predicted octanol–water partition coefficient (Wildman–Crippen LogP) is 3.64. The summed E-state index contributed by atoms with van der Waals surface area (Å²) in [7, 11) is -3.19. The van der Waals surface area contributed by atoms with Crippen LogP contribution in [0.25, 0.3) is 10.9 Å². The lowest BCUT2D eigenvalue weighted by molar-refractivity contribution is 0.102. The van der Waals surface area contributed by atoms with Crippen molar-refractivity contribution in [3.63, 3.8) is 0 Å². The first-order chi connectivity index (χ1) is 13.9. The monoisotopic (exact) mass is 447 g/mol. The van der Waals surface area contributed by atoms with Gasteiger partial charge in [-0.1, -0.05) is 30.0 Å². The standard InChI is InChI=1S/C20H21N3O3S3/c1-29(25,26)21-11-10-14-8-9-18(28-14)17(24)12-27-20-15-4-2-3-5-16(15)22-19(23-20)13-6-7-13/h2-5,8-9,13,21H,6-7,10-12H2,1H3. The number of hydrogen-bond acceptors (Lipinski definition) is 7. The van der Waals surface area contributed by atoms with Crippen molar-refractivity contribution in [3.8, 4) is 0 Å². The van der Waals surface area contributed by atoms with E-state index in [0.717, 1.165) is 45.7 Å². The Morgan fingerprint density at radius 3 is 2.76 bits per heavy atom. The maximum Gasteiger partial charge on any atom is 0.208 e. The first kappa shape index (κ1) is 20.5. The Bertz CT molecular complexity index is 1150. The predicted molar refractivity (Wildman–Crippen MR) is 117 cm³/mol. The van der Waals surface area contributed by atoms with E-state index >= 15 is 0 Å². The highest BCUT2D eigenvalue weighted by atomic mass is 32.2. The summed E-state index contributed by atoms with van der Waals surface area (Å²) in [6.45, 7) is 0.332. The van der Waals surface area contributed by atoms with E-state index < -0.39 is 10.0 Å². The van der Waals surface area contributed by atoms with Crippen molar-refractivity contribution in [2.75, 3.05) is 18.6 Å². The summed E-state index contributed by atoms with van der Waals surface area (Å²) in [6, 6.07) is 11.6. The van der Waals surface area contributed by atoms with Crippen LogP contribution in [0.4, 0.5) is 0 Å². The highest BCUT2D eigenvalue weighted by Crippen LogP contribution is 2.39. The Balaban J connectivity index is 1.42. The molecule has 0 spiro atoms. The zero-order valence-electron chi connectivity index (χ0n) is 15.9. The fraction of sp³-hybridized carbons (Fsp3) is 0.350. The molecule has 0 bridgehead atoms. The van der Waals surface area contributed by atoms with Gasteiger partial charge in [-0.25, -0.2) is 23.1 Å². The number of benzene rings is 1. The molecule has 0 unspecified atom stereocenters. The van der Waals surface area contributed by atoms with E-state index in [4.69, 9.17) is 4.98 Å². The Labute approximate surface area is 178 Å². The van der Waals surface area contributed by atoms with E-state index in [1.807, 2.05) is 36.4 Å². The lowest BCUT2D eigenvalue weighted by atomic mass is 10.2. The highest BCUT2D eigenvalue weighted by Gasteiger charge is 2.27. The third-order valence-corrected chi connectivity index (χ3v) is 7.45. The number of fused-ring (bicyclic) bond motifs is 1. The van der Waals surface area contributed by atoms with Crippen molar-refractivity contribution in [3.05, 3.63) is 52.0 Å². The van der Waals surface area contributed by atoms with Gasteiger partial charge in [0.2, 0.25) is 10.0 Å². The molecule has 1 aliphatic carbocycles. The van der Waals surface area contributed by atoms with Crippen molar-refractivity contribution < 1.29 is 13.2 Å². The molecular weight excluding hydrogens is 426 g/mol. The van der Waals surface area contributed by atoms with E-state index in [2.05, 4.69) is 9.71 Å². The second-order valence-corrected chi connectivity index (χ2v) is 11.0. The molecular formula is C20H21N3O3S3. The number of para-hydroxylation sites is 1. The van der Waals surface area contributed by atoms with Crippen molar-refractivity contribution in [1.82, 2.24) is 14.7 Å². The van der Waals surface area contributed by atoms with E-state index in [-0.39, 0.29) is 5.78 Å². The van der Waals surface area contributed by atoms with Crippen molar-refractivity contribution in [1.29, 1.82) is 0 Å². The molecule has 0 aliphatic heterocycles. The topological polar surface area (TPSA) is 89.0 Å². The first-order valence-corrected chi connectivity index (χ1v) is 13.0. The van der Waals surface area contributed by atoms with Gasteiger partial charge >= 0.3 is 0 Å². The quantitative estimate of drug-likeness (QED) is 0.306. The van der Waals surface area contributed by atoms with Gasteiger partial charge in [0.1, 0.15) is 10.9 Å². The van der Waals surface area contributed by atoms with Crippen LogP contribution in [0.1, 0.15) is 39.1 Å². The molecule has 1 aromatic carbocycles. The van der Waals surface area contributed by atoms with Gasteiger partial charge in [0.05, 0.1) is 22.4 Å². The SMILES string of the molecule is CS(=O)(=O)NCCc1ccc(C(=O)CSc2nc(C3CC3)nc3ccccc23)s1. The van der Waals surface area contributed by atoms with Crippen LogP contribution in [0.2, 0.25) is 0 Å². The molecule has 4 rings (SSSR count). The third-order valence-electron chi connectivity index (χ3n) is 4.54. The Kier molecular flexibility index (Phi) is 6.00. The molecule has 152 valence electrons. The minimum absolute atomic E-state index is 0.0537. The van der Waals surface area contributed by atoms with Crippen LogP contribution in [0.3, 0.4) is 0 Å². The Morgan fingerprint density at radius 2 is 2.00 bits per heavy atom. The summed E-state index contributed by atoms with van der Waals surface area (Å²) in [6.07, 6.45) is 3.97. The summed E-state index contributed by atoms with van der Waals surface area (Å²) in [5.41, 5.74) is 0.927. The normalized spacial score (nSPS) is 14.4. The van der Waals surface area contributed by atoms with Gasteiger partial charge in [-0.05, 0) is 37.5 Å². The van der Waals surface area contributed by atoms with Crippen LogP contribution >= 0.6 is 23.1 Å². The molecule has 29 heavy (non-hydrogen) atoms. The number of aromatic nitrogens is 2. The Morgan fingerprint density at radius 1 is 1.21 bits per heavy atom. The molecule has 1 N–H and O–H groups in total. The second-order valence-electron chi connectivity index (χ2n) is 7.07. The van der Waals surface area contributed by atoms with Gasteiger partial charge in [-0.15, -0.1) is 11.3 Å². The number of nitrogens with zero attached hydrogens (tertiary/aromatic N) is 2. The van der Waals surface area contributed by atoms with Crippen LogP contribution in [0.5, 0.6) is 0 Å². The largest absolute Gasteiger partial charge is 0.292 e. The number of carbonyl (C=O) groups excluding carboxylic acids is 1. The number of Topliss-reactive ketones (excluding diaryl/α,β-unsaturated/α-hetero) is 1. The average Bonchev–Trinajstić information content (AvgIpc) is 3.43. The molecule has 2 aromatic heterocycles. The summed E-state index contributed by atoms with van der Waals surface area (Å²) >= 11 is 2.87. The van der Waals surface area contributed by atoms with Gasteiger partial charge in [0, 0.05) is 22.7 Å². The molecule has 0 amide bonds. The number of rotatable bonds is 9. The number of sulfonamides is 1. The lowest BCUT2D eigenvalue weighted by Crippen LogP contribution is -2.23. The van der Waals surface area contributed by atoms with E-state index in [9.17, 15) is 13.2 Å². The van der Waals surface area contributed by atoms with Gasteiger partial charge in [0.25, 0.3) is 0 Å². The number of thiophene rings is 1. The van der Waals surface area contributed by atoms with E-state index in [0.29, 0.717) is 29.5 Å². The number of nitrogens with one attached hydrogen (secondary N) is 1. The third kappa shape index (κ3) is 5.42. The Hall–Kier alpha value is -1.81. The van der Waals surface area contributed by atoms with Gasteiger partial charge in [-0.2, -0.15) is 0 Å². The number of carbonyl (C=O) groups is 1. The summed E-state index contributed by atoms with van der Waals surface area (Å²) in [5.74, 6) is 1.70. The van der Waals surface area contributed by atoms with Crippen molar-refractivity contribution in [2.45, 2.75) is 30.2 Å². The highest BCUT2D eigenvalue weighted by molar-refractivity contribution is 8.00. The lowest BCUT2D eigenvalue weighted by Gasteiger charge is -2.07. The van der Waals surface area contributed by atoms with E-state index in [1.54, 1.807) is 0 Å². The van der Waals surface area contributed by atoms with Crippen LogP contribution in [-0.2, 0) is 16.4 Å². The van der Waals surface area contributed by atoms with Crippen molar-refractivity contribution in [2.24, 2.45) is 0 Å². The molecule has 1 aliphatic rings. The van der Waals surface area contributed by atoms with E-state index in [1.165, 1.54) is 23.1 Å². The van der Waals surface area contributed by atoms with Gasteiger partial charge < -0.3 is 0 Å². The maximum absolute atomic E-state index is 12.7. The molecule has 1 saturated carbocycles. The zero-order chi connectivity index (χ0) is 20.4. The summed E-state index contributed by atoms with van der Waals surface area (Å²) in [5, 5.41) is 1.84. The van der Waals surface area contributed by atoms with Crippen molar-refractivity contribution >= 4 is 49.8 Å². The van der Waals surface area contributed by atoms with Crippen LogP contribution in [0.15, 0.2) is 41.4 Å². The summed E-state index contributed by atoms with van der Waals surface area (Å²) < 4.78 is 24.8. The molecule has 0 radical (unpaired) electrons. The second kappa shape index (κ2) is 8.51. The van der Waals surface area contributed by atoms with Crippen LogP contribution in [0, 0.1) is 0 Å². The molecule has 2 heterocycles. The fourth-order valence-electron chi connectivity index (χ4n) is 2.93. The minimum atomic E-state index is -3.19. The van der Waals surface area contributed by atoms with Crippen LogP contribution in [-0.4, -0.2) is 42.7 Å². The summed E-state index contributed by atoms with van der Waals surface area (Å²) in [4.78, 5) is 23.7. The number of thioether (sulfide) groups is 1. The molecule has 0 atom stereocenters. The molecule has 9 heteroatoms. The van der Waals surface area contributed by atoms with Crippen LogP contribution < -0.4 is 4.72 Å². The average molecular weight is 448 g/mol. The first-order valence-electron chi connectivity index (χ1n) is 9.35. The maximum atomic E-state index is 12.7. The molecule has 6 nitrogen and oxygen atoms in total. The number of ketones is 1.